The first-order valence-electron chi connectivity index (χ1n) is 11.1. The van der Waals surface area contributed by atoms with E-state index in [4.69, 9.17) is 9.84 Å². The predicted molar refractivity (Wildman–Crippen MR) is 129 cm³/mol. The molecule has 2 aromatic rings. The lowest BCUT2D eigenvalue weighted by Gasteiger charge is -2.31. The van der Waals surface area contributed by atoms with E-state index in [0.29, 0.717) is 17.7 Å². The van der Waals surface area contributed by atoms with E-state index in [2.05, 4.69) is 6.92 Å². The molecule has 0 aromatic heterocycles. The molecule has 2 aromatic carbocycles. The van der Waals surface area contributed by atoms with Crippen LogP contribution in [-0.4, -0.2) is 38.1 Å². The quantitative estimate of drug-likeness (QED) is 0.437. The van der Waals surface area contributed by atoms with Crippen LogP contribution in [-0.2, 0) is 14.6 Å². The lowest BCUT2D eigenvalue weighted by molar-refractivity contribution is -0.137. The molecule has 8 heteroatoms. The first-order valence-corrected chi connectivity index (χ1v) is 14.0. The number of unbranched alkanes of at least 4 members (excludes halogenated alkanes) is 1. The van der Waals surface area contributed by atoms with Crippen molar-refractivity contribution >= 4 is 27.6 Å². The number of hydrogen-bond donors (Lipinski definition) is 1. The number of rotatable bonds is 9. The van der Waals surface area contributed by atoms with Gasteiger partial charge in [-0.1, -0.05) is 38.8 Å². The maximum atomic E-state index is 13.7. The number of carbonyl (C=O) groups is 1. The summed E-state index contributed by atoms with van der Waals surface area (Å²) in [6.07, 6.45) is 5.02. The van der Waals surface area contributed by atoms with Gasteiger partial charge in [-0.05, 0) is 53.8 Å². The minimum absolute atomic E-state index is 0.0257. The zero-order valence-electron chi connectivity index (χ0n) is 19.3. The van der Waals surface area contributed by atoms with Crippen LogP contribution in [0.5, 0.6) is 5.75 Å². The van der Waals surface area contributed by atoms with Crippen molar-refractivity contribution in [3.05, 3.63) is 53.3 Å². The van der Waals surface area contributed by atoms with Crippen LogP contribution in [0.1, 0.15) is 63.0 Å². The minimum atomic E-state index is -3.63. The molecule has 2 atom stereocenters. The number of ether oxygens (including phenoxy) is 1. The summed E-state index contributed by atoms with van der Waals surface area (Å²) < 4.78 is 46.6. The Bertz CT molecular complexity index is 1100. The van der Waals surface area contributed by atoms with Crippen molar-refractivity contribution in [2.45, 2.75) is 61.7 Å². The molecule has 0 amide bonds. The minimum Gasteiger partial charge on any atom is -0.492 e. The molecule has 0 spiro atoms. The maximum absolute atomic E-state index is 13.7. The Morgan fingerprint density at radius 3 is 2.58 bits per heavy atom. The Morgan fingerprint density at radius 1 is 1.27 bits per heavy atom. The van der Waals surface area contributed by atoms with Gasteiger partial charge >= 0.3 is 5.97 Å². The van der Waals surface area contributed by atoms with E-state index in [-0.39, 0.29) is 35.4 Å². The highest BCUT2D eigenvalue weighted by molar-refractivity contribution is 7.98. The van der Waals surface area contributed by atoms with Gasteiger partial charge in [0.1, 0.15) is 11.6 Å². The summed E-state index contributed by atoms with van der Waals surface area (Å²) in [5, 5.41) is 8.93. The van der Waals surface area contributed by atoms with E-state index in [9.17, 15) is 17.6 Å². The maximum Gasteiger partial charge on any atom is 0.306 e. The monoisotopic (exact) mass is 494 g/mol. The van der Waals surface area contributed by atoms with Crippen molar-refractivity contribution in [1.82, 2.24) is 0 Å². The molecule has 1 N–H and O–H groups in total. The molecular formula is C25H31FO5S2. The number of halogens is 1. The van der Waals surface area contributed by atoms with Crippen LogP contribution in [0.15, 0.2) is 46.2 Å². The Hall–Kier alpha value is -2.06. The standard InChI is InChI=1S/C25H31FO5S2/c1-4-5-11-25(2)15-20(17-6-8-18(26)9-7-17)19-13-22(32-3)21(31-12-10-24(27)28)14-23(19)33(29,30)16-25/h6-9,13-14,20H,4-5,10-12,15-16H2,1-3H3,(H,27,28). The van der Waals surface area contributed by atoms with E-state index in [1.807, 2.05) is 19.2 Å². The first kappa shape index (κ1) is 25.6. The lowest BCUT2D eigenvalue weighted by Crippen LogP contribution is -2.27. The van der Waals surface area contributed by atoms with E-state index >= 15 is 0 Å². The highest BCUT2D eigenvalue weighted by atomic mass is 32.2. The van der Waals surface area contributed by atoms with E-state index in [1.54, 1.807) is 18.2 Å². The average molecular weight is 495 g/mol. The van der Waals surface area contributed by atoms with Gasteiger partial charge in [-0.3, -0.25) is 4.79 Å². The van der Waals surface area contributed by atoms with E-state index in [1.165, 1.54) is 23.9 Å². The average Bonchev–Trinajstić information content (AvgIpc) is 2.84. The topological polar surface area (TPSA) is 80.7 Å². The zero-order chi connectivity index (χ0) is 24.2. The van der Waals surface area contributed by atoms with Crippen molar-refractivity contribution in [1.29, 1.82) is 0 Å². The molecule has 33 heavy (non-hydrogen) atoms. The van der Waals surface area contributed by atoms with Crippen LogP contribution >= 0.6 is 11.8 Å². The van der Waals surface area contributed by atoms with Gasteiger partial charge in [0.2, 0.25) is 0 Å². The second-order valence-corrected chi connectivity index (χ2v) is 11.8. The summed E-state index contributed by atoms with van der Waals surface area (Å²) in [5.74, 6) is -1.12. The number of hydrogen-bond acceptors (Lipinski definition) is 5. The Labute approximate surface area is 199 Å². The highest BCUT2D eigenvalue weighted by Gasteiger charge is 2.41. The number of sulfone groups is 1. The number of carboxylic acid groups (broad SMARTS) is 1. The Morgan fingerprint density at radius 2 is 1.97 bits per heavy atom. The van der Waals surface area contributed by atoms with Crippen LogP contribution in [0, 0.1) is 11.2 Å². The fourth-order valence-corrected chi connectivity index (χ4v) is 7.33. The fraction of sp³-hybridized carbons (Fsp3) is 0.480. The van der Waals surface area contributed by atoms with Crippen molar-refractivity contribution in [2.24, 2.45) is 5.41 Å². The normalized spacial score (nSPS) is 21.8. The van der Waals surface area contributed by atoms with Gasteiger partial charge < -0.3 is 9.84 Å². The van der Waals surface area contributed by atoms with Crippen molar-refractivity contribution in [3.8, 4) is 5.75 Å². The fourth-order valence-electron chi connectivity index (χ4n) is 4.59. The van der Waals surface area contributed by atoms with Gasteiger partial charge in [-0.2, -0.15) is 0 Å². The van der Waals surface area contributed by atoms with Crippen molar-refractivity contribution in [2.75, 3.05) is 18.6 Å². The van der Waals surface area contributed by atoms with Gasteiger partial charge in [0.15, 0.2) is 9.84 Å². The van der Waals surface area contributed by atoms with Crippen molar-refractivity contribution < 1.29 is 27.4 Å². The van der Waals surface area contributed by atoms with Crippen LogP contribution in [0.3, 0.4) is 0 Å². The van der Waals surface area contributed by atoms with Crippen LogP contribution in [0.2, 0.25) is 0 Å². The molecule has 0 aliphatic carbocycles. The molecule has 0 radical (unpaired) electrons. The van der Waals surface area contributed by atoms with Gasteiger partial charge in [-0.15, -0.1) is 11.8 Å². The summed E-state index contributed by atoms with van der Waals surface area (Å²) >= 11 is 1.42. The second-order valence-electron chi connectivity index (χ2n) is 9.01. The van der Waals surface area contributed by atoms with Gasteiger partial charge in [0.25, 0.3) is 0 Å². The molecule has 1 heterocycles. The lowest BCUT2D eigenvalue weighted by atomic mass is 9.74. The third kappa shape index (κ3) is 6.09. The third-order valence-electron chi connectivity index (χ3n) is 6.22. The molecule has 3 rings (SSSR count). The van der Waals surface area contributed by atoms with Crippen LogP contribution in [0.25, 0.3) is 0 Å². The largest absolute Gasteiger partial charge is 0.492 e. The molecule has 0 saturated carbocycles. The van der Waals surface area contributed by atoms with Crippen LogP contribution < -0.4 is 4.74 Å². The molecule has 1 aliphatic rings. The molecule has 0 saturated heterocycles. The number of carboxylic acids is 1. The molecule has 2 unspecified atom stereocenters. The number of aliphatic carboxylic acids is 1. The summed E-state index contributed by atoms with van der Waals surface area (Å²) in [4.78, 5) is 11.9. The Balaban J connectivity index is 2.17. The number of benzene rings is 2. The van der Waals surface area contributed by atoms with E-state index in [0.717, 1.165) is 29.7 Å². The smallest absolute Gasteiger partial charge is 0.306 e. The third-order valence-corrected chi connectivity index (χ3v) is 9.08. The Kier molecular flexibility index (Phi) is 8.11. The molecular weight excluding hydrogens is 463 g/mol. The second kappa shape index (κ2) is 10.5. The molecule has 1 aliphatic heterocycles. The van der Waals surface area contributed by atoms with Gasteiger partial charge in [0.05, 0.1) is 23.7 Å². The van der Waals surface area contributed by atoms with Crippen molar-refractivity contribution in [3.63, 3.8) is 0 Å². The summed E-state index contributed by atoms with van der Waals surface area (Å²) in [7, 11) is -3.63. The SMILES string of the molecule is CCCCC1(C)CC(c2ccc(F)cc2)c2cc(SC)c(OCCC(=O)O)cc2S(=O)(=O)C1. The summed E-state index contributed by atoms with van der Waals surface area (Å²) in [6.45, 7) is 4.08. The molecule has 180 valence electrons. The van der Waals surface area contributed by atoms with E-state index < -0.39 is 21.2 Å². The zero-order valence-corrected chi connectivity index (χ0v) is 20.9. The summed E-state index contributed by atoms with van der Waals surface area (Å²) in [5.41, 5.74) is 1.14. The predicted octanol–water partition coefficient (Wildman–Crippen LogP) is 5.91. The highest BCUT2D eigenvalue weighted by Crippen LogP contribution is 2.48. The first-order chi connectivity index (χ1) is 15.6. The number of thioether (sulfide) groups is 1. The molecule has 0 fully saturated rings. The molecule has 5 nitrogen and oxygen atoms in total. The van der Waals surface area contributed by atoms with Crippen LogP contribution in [0.4, 0.5) is 4.39 Å². The number of fused-ring (bicyclic) bond motifs is 1. The van der Waals surface area contributed by atoms with Gasteiger partial charge in [-0.25, -0.2) is 12.8 Å². The van der Waals surface area contributed by atoms with Gasteiger partial charge in [0, 0.05) is 16.9 Å². The molecule has 0 bridgehead atoms. The summed E-state index contributed by atoms with van der Waals surface area (Å²) in [6, 6.07) is 9.71.